The Morgan fingerprint density at radius 3 is 1.83 bits per heavy atom. The first-order valence-electron chi connectivity index (χ1n) is 10.8. The molecule has 0 N–H and O–H groups in total. The quantitative estimate of drug-likeness (QED) is 0.587. The number of likely N-dealkylation sites (N-methyl/N-ethyl adjacent to an activating group) is 2. The van der Waals surface area contributed by atoms with E-state index in [1.165, 1.54) is 22.5 Å². The zero-order chi connectivity index (χ0) is 20.8. The fourth-order valence-corrected chi connectivity index (χ4v) is 5.51. The van der Waals surface area contributed by atoms with Crippen LogP contribution in [0.1, 0.15) is 45.7 Å². The zero-order valence-corrected chi connectivity index (χ0v) is 18.7. The van der Waals surface area contributed by atoms with E-state index in [4.69, 9.17) is 0 Å². The number of rotatable bonds is 4. The van der Waals surface area contributed by atoms with Crippen LogP contribution in [-0.2, 0) is 10.8 Å². The predicted octanol–water partition coefficient (Wildman–Crippen LogP) is 6.08. The fourth-order valence-electron chi connectivity index (χ4n) is 5.51. The highest BCUT2D eigenvalue weighted by Gasteiger charge is 2.42. The summed E-state index contributed by atoms with van der Waals surface area (Å²) in [6, 6.07) is 18.4. The Balaban J connectivity index is 1.56. The third kappa shape index (κ3) is 3.01. The van der Waals surface area contributed by atoms with Gasteiger partial charge in [-0.25, -0.2) is 0 Å². The van der Waals surface area contributed by atoms with Gasteiger partial charge in [-0.3, -0.25) is 0 Å². The van der Waals surface area contributed by atoms with E-state index in [0.717, 1.165) is 6.54 Å². The number of anilines is 2. The first-order valence-corrected chi connectivity index (χ1v) is 10.8. The van der Waals surface area contributed by atoms with Crippen molar-refractivity contribution in [3.05, 3.63) is 84.0 Å². The summed E-state index contributed by atoms with van der Waals surface area (Å²) in [4.78, 5) is 4.94. The topological polar surface area (TPSA) is 6.48 Å². The molecule has 0 amide bonds. The summed E-state index contributed by atoms with van der Waals surface area (Å²) in [5.41, 5.74) is 5.83. The second kappa shape index (κ2) is 7.09. The Morgan fingerprint density at radius 2 is 1.24 bits per heavy atom. The van der Waals surface area contributed by atoms with Gasteiger partial charge in [-0.05, 0) is 30.2 Å². The molecule has 0 radical (unpaired) electrons. The zero-order valence-electron chi connectivity index (χ0n) is 18.7. The van der Waals surface area contributed by atoms with Gasteiger partial charge in [0.2, 0.25) is 0 Å². The summed E-state index contributed by atoms with van der Waals surface area (Å²) in [5.74, 6) is 0. The lowest BCUT2D eigenvalue weighted by atomic mass is 9.80. The van der Waals surface area contributed by atoms with Crippen LogP contribution in [0.3, 0.4) is 0 Å². The maximum Gasteiger partial charge on any atom is 0.0568 e. The number of hydrogen-bond acceptors (Lipinski definition) is 2. The third-order valence-electron chi connectivity index (χ3n) is 7.16. The van der Waals surface area contributed by atoms with Crippen LogP contribution in [0.5, 0.6) is 0 Å². The summed E-state index contributed by atoms with van der Waals surface area (Å²) in [5, 5.41) is 0. The number of nitrogens with zero attached hydrogens (tertiary/aromatic N) is 2. The van der Waals surface area contributed by atoms with Gasteiger partial charge >= 0.3 is 0 Å². The summed E-state index contributed by atoms with van der Waals surface area (Å²) in [7, 11) is 2.21. The van der Waals surface area contributed by atoms with E-state index in [1.807, 2.05) is 0 Å². The van der Waals surface area contributed by atoms with Crippen molar-refractivity contribution in [1.29, 1.82) is 0 Å². The Kier molecular flexibility index (Phi) is 4.85. The molecule has 0 spiro atoms. The van der Waals surface area contributed by atoms with E-state index in [1.54, 1.807) is 0 Å². The van der Waals surface area contributed by atoms with Gasteiger partial charge in [0.1, 0.15) is 0 Å². The number of allylic oxidation sites excluding steroid dienone is 2. The minimum Gasteiger partial charge on any atom is -0.367 e. The van der Waals surface area contributed by atoms with Gasteiger partial charge in [-0.1, -0.05) is 88.4 Å². The van der Waals surface area contributed by atoms with E-state index >= 15 is 0 Å². The van der Waals surface area contributed by atoms with Crippen molar-refractivity contribution < 1.29 is 0 Å². The summed E-state index contributed by atoms with van der Waals surface area (Å²) in [6.45, 7) is 12.7. The molecule has 29 heavy (non-hydrogen) atoms. The summed E-state index contributed by atoms with van der Waals surface area (Å²) < 4.78 is 0. The Morgan fingerprint density at radius 1 is 0.759 bits per heavy atom. The van der Waals surface area contributed by atoms with E-state index < -0.39 is 0 Å². The molecule has 0 aliphatic carbocycles. The molecule has 2 aliphatic heterocycles. The van der Waals surface area contributed by atoms with E-state index in [-0.39, 0.29) is 10.8 Å². The molecule has 152 valence electrons. The maximum absolute atomic E-state index is 2.53. The van der Waals surface area contributed by atoms with Gasteiger partial charge in [0.25, 0.3) is 0 Å². The molecular formula is C27H34N2. The van der Waals surface area contributed by atoms with Crippen molar-refractivity contribution in [1.82, 2.24) is 0 Å². The maximum atomic E-state index is 2.53. The molecule has 4 rings (SSSR count). The minimum absolute atomic E-state index is 0.105. The number of fused-ring (bicyclic) bond motifs is 2. The molecule has 2 aromatic rings. The van der Waals surface area contributed by atoms with Gasteiger partial charge in [0.05, 0.1) is 12.1 Å². The molecule has 2 heterocycles. The largest absolute Gasteiger partial charge is 0.367 e. The summed E-state index contributed by atoms with van der Waals surface area (Å²) in [6.07, 6.45) is 9.26. The second-order valence-corrected chi connectivity index (χ2v) is 9.53. The standard InChI is InChI=1S/C27H34N2/c1-7-29-23-17-11-9-15-21(23)27(4,5)25(29)19-13-12-18-24-26(2,3)20-14-8-10-16-22(20)28(24)6/h8-19,24-25H,7H2,1-6H3. The lowest BCUT2D eigenvalue weighted by Gasteiger charge is -2.31. The lowest BCUT2D eigenvalue weighted by molar-refractivity contribution is 0.478. The van der Waals surface area contributed by atoms with Gasteiger partial charge in [-0.2, -0.15) is 0 Å². The molecule has 2 unspecified atom stereocenters. The van der Waals surface area contributed by atoms with Crippen molar-refractivity contribution in [2.75, 3.05) is 23.4 Å². The van der Waals surface area contributed by atoms with E-state index in [0.29, 0.717) is 12.1 Å². The van der Waals surface area contributed by atoms with Crippen LogP contribution in [0.4, 0.5) is 11.4 Å². The molecule has 0 bridgehead atoms. The molecule has 2 heteroatoms. The second-order valence-electron chi connectivity index (χ2n) is 9.53. The highest BCUT2D eigenvalue weighted by molar-refractivity contribution is 5.66. The van der Waals surface area contributed by atoms with Crippen molar-refractivity contribution in [2.45, 2.75) is 57.5 Å². The number of benzene rings is 2. The van der Waals surface area contributed by atoms with Gasteiger partial charge in [-0.15, -0.1) is 0 Å². The van der Waals surface area contributed by atoms with Crippen LogP contribution in [0.25, 0.3) is 0 Å². The van der Waals surface area contributed by atoms with Gasteiger partial charge < -0.3 is 9.80 Å². The average molecular weight is 387 g/mol. The molecular weight excluding hydrogens is 352 g/mol. The van der Waals surface area contributed by atoms with Crippen molar-refractivity contribution >= 4 is 11.4 Å². The van der Waals surface area contributed by atoms with Gasteiger partial charge in [0.15, 0.2) is 0 Å². The van der Waals surface area contributed by atoms with Crippen LogP contribution in [0.15, 0.2) is 72.8 Å². The molecule has 0 saturated heterocycles. The molecule has 2 aromatic carbocycles. The predicted molar refractivity (Wildman–Crippen MR) is 126 cm³/mol. The molecule has 2 atom stereocenters. The molecule has 2 nitrogen and oxygen atoms in total. The van der Waals surface area contributed by atoms with Crippen molar-refractivity contribution in [3.8, 4) is 0 Å². The number of para-hydroxylation sites is 2. The van der Waals surface area contributed by atoms with Crippen LogP contribution < -0.4 is 9.80 Å². The van der Waals surface area contributed by atoms with Crippen LogP contribution in [0.2, 0.25) is 0 Å². The Labute approximate surface area is 176 Å². The first kappa shape index (κ1) is 19.8. The summed E-state index contributed by atoms with van der Waals surface area (Å²) >= 11 is 0. The van der Waals surface area contributed by atoms with E-state index in [9.17, 15) is 0 Å². The Hall–Kier alpha value is -2.48. The molecule has 0 saturated carbocycles. The SMILES string of the molecule is CCN1c2ccccc2C(C)(C)C1C=CC=CC1N(C)c2ccccc2C1(C)C. The molecule has 0 fully saturated rings. The minimum atomic E-state index is 0.105. The monoisotopic (exact) mass is 386 g/mol. The first-order chi connectivity index (χ1) is 13.8. The van der Waals surface area contributed by atoms with E-state index in [2.05, 4.69) is 124 Å². The Bertz CT molecular complexity index is 951. The smallest absolute Gasteiger partial charge is 0.0568 e. The molecule has 0 aromatic heterocycles. The lowest BCUT2D eigenvalue weighted by Crippen LogP contribution is -2.39. The third-order valence-corrected chi connectivity index (χ3v) is 7.16. The highest BCUT2D eigenvalue weighted by Crippen LogP contribution is 2.46. The van der Waals surface area contributed by atoms with Crippen molar-refractivity contribution in [3.63, 3.8) is 0 Å². The normalized spacial score (nSPS) is 24.5. The number of hydrogen-bond donors (Lipinski definition) is 0. The van der Waals surface area contributed by atoms with Gasteiger partial charge in [0, 0.05) is 35.8 Å². The van der Waals surface area contributed by atoms with Crippen LogP contribution in [0, 0.1) is 0 Å². The van der Waals surface area contributed by atoms with Crippen molar-refractivity contribution in [2.24, 2.45) is 0 Å². The van der Waals surface area contributed by atoms with Crippen LogP contribution in [-0.4, -0.2) is 25.7 Å². The fraction of sp³-hybridized carbons (Fsp3) is 0.407. The highest BCUT2D eigenvalue weighted by atomic mass is 15.2. The average Bonchev–Trinajstić information content (AvgIpc) is 3.05. The van der Waals surface area contributed by atoms with Crippen LogP contribution >= 0.6 is 0 Å². The molecule has 2 aliphatic rings.